The van der Waals surface area contributed by atoms with Gasteiger partial charge >= 0.3 is 0 Å². The van der Waals surface area contributed by atoms with Crippen molar-refractivity contribution in [1.29, 1.82) is 0 Å². The van der Waals surface area contributed by atoms with E-state index in [1.165, 1.54) is 4.90 Å². The molecule has 1 aromatic carbocycles. The van der Waals surface area contributed by atoms with Crippen LogP contribution >= 0.6 is 11.6 Å². The fourth-order valence-electron chi connectivity index (χ4n) is 6.08. The van der Waals surface area contributed by atoms with E-state index in [-0.39, 0.29) is 30.2 Å². The van der Waals surface area contributed by atoms with Crippen molar-refractivity contribution in [1.82, 2.24) is 9.80 Å². The molecule has 5 unspecified atom stereocenters. The number of hydrogen-bond acceptors (Lipinski definition) is 5. The number of piperazine rings is 1. The summed E-state index contributed by atoms with van der Waals surface area (Å²) in [7, 11) is 0. The van der Waals surface area contributed by atoms with Crippen molar-refractivity contribution in [2.75, 3.05) is 44.2 Å². The monoisotopic (exact) mass is 417 g/mol. The van der Waals surface area contributed by atoms with Gasteiger partial charge in [-0.1, -0.05) is 17.7 Å². The molecule has 7 heteroatoms. The Balaban J connectivity index is 1.14. The largest absolute Gasteiger partial charge is 0.390 e. The standard InChI is InChI=1S/C22H28ClN3O3/c23-16-2-1-3-17(11-16)25-8-6-24(7-9-25)12-18(27)13-26-21(28)19-14-4-5-15(10-14)20(19)22(26)29/h1-3,11,14-15,18-20,27H,4-10,12-13H2. The Morgan fingerprint density at radius 2 is 1.66 bits per heavy atom. The molecule has 2 bridgehead atoms. The molecule has 2 aliphatic heterocycles. The van der Waals surface area contributed by atoms with E-state index < -0.39 is 6.10 Å². The molecule has 6 nitrogen and oxygen atoms in total. The van der Waals surface area contributed by atoms with Crippen molar-refractivity contribution in [2.24, 2.45) is 23.7 Å². The van der Waals surface area contributed by atoms with Gasteiger partial charge in [-0.2, -0.15) is 0 Å². The average Bonchev–Trinajstić information content (AvgIpc) is 3.39. The number of fused-ring (bicyclic) bond motifs is 5. The number of halogens is 1. The molecule has 5 atom stereocenters. The highest BCUT2D eigenvalue weighted by Gasteiger charge is 2.60. The van der Waals surface area contributed by atoms with Crippen LogP contribution in [0.5, 0.6) is 0 Å². The summed E-state index contributed by atoms with van der Waals surface area (Å²) in [5.74, 6) is 0.518. The van der Waals surface area contributed by atoms with Gasteiger partial charge in [-0.25, -0.2) is 0 Å². The molecule has 0 radical (unpaired) electrons. The number of amides is 2. The third-order valence-corrected chi connectivity index (χ3v) is 7.66. The lowest BCUT2D eigenvalue weighted by molar-refractivity contribution is -0.142. The summed E-state index contributed by atoms with van der Waals surface area (Å²) in [6, 6.07) is 7.86. The maximum atomic E-state index is 12.8. The van der Waals surface area contributed by atoms with Crippen LogP contribution in [-0.4, -0.2) is 72.1 Å². The van der Waals surface area contributed by atoms with Crippen molar-refractivity contribution in [3.05, 3.63) is 29.3 Å². The second kappa shape index (κ2) is 7.56. The zero-order valence-corrected chi connectivity index (χ0v) is 17.3. The first-order chi connectivity index (χ1) is 14.0. The summed E-state index contributed by atoms with van der Waals surface area (Å²) in [6.07, 6.45) is 2.51. The van der Waals surface area contributed by atoms with E-state index in [0.717, 1.165) is 56.2 Å². The predicted molar refractivity (Wildman–Crippen MR) is 111 cm³/mol. The van der Waals surface area contributed by atoms with Crippen molar-refractivity contribution in [3.63, 3.8) is 0 Å². The smallest absolute Gasteiger partial charge is 0.233 e. The summed E-state index contributed by atoms with van der Waals surface area (Å²) in [5, 5.41) is 11.3. The van der Waals surface area contributed by atoms with E-state index in [4.69, 9.17) is 11.6 Å². The molecule has 4 aliphatic rings. The summed E-state index contributed by atoms with van der Waals surface area (Å²) >= 11 is 6.09. The second-order valence-electron chi connectivity index (χ2n) is 9.09. The van der Waals surface area contributed by atoms with Gasteiger partial charge in [0.1, 0.15) is 0 Å². The van der Waals surface area contributed by atoms with Crippen LogP contribution in [0.15, 0.2) is 24.3 Å². The Bertz CT molecular complexity index is 782. The Morgan fingerprint density at radius 1 is 1.00 bits per heavy atom. The number of β-amino-alcohol motifs (C(OH)–C–C–N with tert-alkyl or cyclic N) is 1. The molecule has 0 spiro atoms. The highest BCUT2D eigenvalue weighted by molar-refractivity contribution is 6.30. The van der Waals surface area contributed by atoms with Gasteiger partial charge in [0.05, 0.1) is 24.5 Å². The number of imide groups is 1. The zero-order chi connectivity index (χ0) is 20.1. The van der Waals surface area contributed by atoms with Crippen LogP contribution in [0.1, 0.15) is 19.3 Å². The lowest BCUT2D eigenvalue weighted by Gasteiger charge is -2.37. The number of carbonyl (C=O) groups excluding carboxylic acids is 2. The van der Waals surface area contributed by atoms with Gasteiger partial charge in [0.2, 0.25) is 11.8 Å². The van der Waals surface area contributed by atoms with Crippen LogP contribution in [0.25, 0.3) is 0 Å². The van der Waals surface area contributed by atoms with Gasteiger partial charge in [-0.3, -0.25) is 19.4 Å². The number of benzene rings is 1. The van der Waals surface area contributed by atoms with Gasteiger partial charge in [-0.15, -0.1) is 0 Å². The van der Waals surface area contributed by atoms with E-state index in [0.29, 0.717) is 18.4 Å². The topological polar surface area (TPSA) is 64.1 Å². The normalized spacial score (nSPS) is 32.9. The Morgan fingerprint density at radius 3 is 2.28 bits per heavy atom. The number of rotatable bonds is 5. The third-order valence-electron chi connectivity index (χ3n) is 7.43. The lowest BCUT2D eigenvalue weighted by Crippen LogP contribution is -2.50. The first-order valence-electron chi connectivity index (χ1n) is 10.8. The fraction of sp³-hybridized carbons (Fsp3) is 0.636. The molecule has 2 aliphatic carbocycles. The molecule has 1 N–H and O–H groups in total. The van der Waals surface area contributed by atoms with Gasteiger partial charge in [-0.05, 0) is 49.3 Å². The summed E-state index contributed by atoms with van der Waals surface area (Å²) in [4.78, 5) is 31.5. The van der Waals surface area contributed by atoms with E-state index >= 15 is 0 Å². The molecule has 0 aromatic heterocycles. The van der Waals surface area contributed by atoms with E-state index in [1.807, 2.05) is 18.2 Å². The average molecular weight is 418 g/mol. The molecule has 2 heterocycles. The van der Waals surface area contributed by atoms with E-state index in [1.54, 1.807) is 0 Å². The number of carbonyl (C=O) groups is 2. The number of likely N-dealkylation sites (tertiary alicyclic amines) is 1. The van der Waals surface area contributed by atoms with Crippen LogP contribution < -0.4 is 4.90 Å². The number of hydrogen-bond donors (Lipinski definition) is 1. The van der Waals surface area contributed by atoms with Crippen LogP contribution in [0.3, 0.4) is 0 Å². The van der Waals surface area contributed by atoms with E-state index in [2.05, 4.69) is 15.9 Å². The molecule has 1 aromatic rings. The zero-order valence-electron chi connectivity index (χ0n) is 16.5. The number of aliphatic hydroxyl groups is 1. The Hall–Kier alpha value is -1.63. The second-order valence-corrected chi connectivity index (χ2v) is 9.53. The molecular weight excluding hydrogens is 390 g/mol. The van der Waals surface area contributed by atoms with Gasteiger partial charge in [0.25, 0.3) is 0 Å². The van der Waals surface area contributed by atoms with E-state index in [9.17, 15) is 14.7 Å². The summed E-state index contributed by atoms with van der Waals surface area (Å²) in [6.45, 7) is 4.02. The molecule has 2 saturated carbocycles. The van der Waals surface area contributed by atoms with Gasteiger partial charge in [0, 0.05) is 43.4 Å². The Labute approximate surface area is 176 Å². The van der Waals surface area contributed by atoms with Crippen LogP contribution in [-0.2, 0) is 9.59 Å². The fourth-order valence-corrected chi connectivity index (χ4v) is 6.26. The maximum Gasteiger partial charge on any atom is 0.233 e. The first-order valence-corrected chi connectivity index (χ1v) is 11.1. The minimum Gasteiger partial charge on any atom is -0.390 e. The summed E-state index contributed by atoms with van der Waals surface area (Å²) < 4.78 is 0. The molecule has 4 fully saturated rings. The number of aliphatic hydroxyl groups excluding tert-OH is 1. The predicted octanol–water partition coefficient (Wildman–Crippen LogP) is 1.85. The number of nitrogens with zero attached hydrogens (tertiary/aromatic N) is 3. The van der Waals surface area contributed by atoms with Gasteiger partial charge in [0.15, 0.2) is 0 Å². The lowest BCUT2D eigenvalue weighted by atomic mass is 9.81. The SMILES string of the molecule is O=C1C2C3CCC(C3)C2C(=O)N1CC(O)CN1CCN(c2cccc(Cl)c2)CC1. The third kappa shape index (κ3) is 3.45. The van der Waals surface area contributed by atoms with Crippen molar-refractivity contribution >= 4 is 29.1 Å². The molecule has 156 valence electrons. The number of anilines is 1. The van der Waals surface area contributed by atoms with Crippen LogP contribution in [0.4, 0.5) is 5.69 Å². The quantitative estimate of drug-likeness (QED) is 0.741. The Kier molecular flexibility index (Phi) is 5.04. The first kappa shape index (κ1) is 19.3. The van der Waals surface area contributed by atoms with Gasteiger partial charge < -0.3 is 10.0 Å². The minimum atomic E-state index is -0.697. The molecule has 29 heavy (non-hydrogen) atoms. The van der Waals surface area contributed by atoms with Crippen LogP contribution in [0.2, 0.25) is 5.02 Å². The van der Waals surface area contributed by atoms with Crippen molar-refractivity contribution < 1.29 is 14.7 Å². The minimum absolute atomic E-state index is 0.0305. The van der Waals surface area contributed by atoms with Crippen LogP contribution in [0, 0.1) is 23.7 Å². The highest BCUT2D eigenvalue weighted by Crippen LogP contribution is 2.56. The molecule has 2 saturated heterocycles. The molecular formula is C22H28ClN3O3. The molecule has 2 amide bonds. The van der Waals surface area contributed by atoms with Crippen molar-refractivity contribution in [2.45, 2.75) is 25.4 Å². The highest BCUT2D eigenvalue weighted by atomic mass is 35.5. The molecule has 5 rings (SSSR count). The maximum absolute atomic E-state index is 12.8. The van der Waals surface area contributed by atoms with Crippen molar-refractivity contribution in [3.8, 4) is 0 Å². The summed E-state index contributed by atoms with van der Waals surface area (Å²) in [5.41, 5.74) is 1.12.